The first kappa shape index (κ1) is 5.54. The predicted molar refractivity (Wildman–Crippen MR) is 25.6 cm³/mol. The van der Waals surface area contributed by atoms with Crippen LogP contribution in [0.4, 0.5) is 0 Å². The highest BCUT2D eigenvalue weighted by Crippen LogP contribution is 1.77. The quantitative estimate of drug-likeness (QED) is 0.479. The zero-order chi connectivity index (χ0) is 6.85. The van der Waals surface area contributed by atoms with Crippen molar-refractivity contribution in [2.45, 2.75) is 0 Å². The van der Waals surface area contributed by atoms with Gasteiger partial charge < -0.3 is 5.73 Å². The first-order valence-electron chi connectivity index (χ1n) is 2.06. The fourth-order valence-electron chi connectivity index (χ4n) is 0.336. The Hall–Kier alpha value is -1.59. The number of nitrogens with zero attached hydrogens (tertiary/aromatic N) is 1. The molecule has 9 heavy (non-hydrogen) atoms. The van der Waals surface area contributed by atoms with E-state index in [0.29, 0.717) is 0 Å². The van der Waals surface area contributed by atoms with Crippen molar-refractivity contribution >= 4 is 5.91 Å². The van der Waals surface area contributed by atoms with E-state index in [0.717, 1.165) is 0 Å². The maximum atomic E-state index is 10.1. The molecule has 0 unspecified atom stereocenters. The topological polar surface area (TPSA) is 102 Å². The van der Waals surface area contributed by atoms with Gasteiger partial charge in [0.05, 0.1) is 0 Å². The normalized spacial score (nSPS) is 9.33. The minimum Gasteiger partial charge on any atom is -0.363 e. The predicted octanol–water partition coefficient (Wildman–Crippen LogP) is -1.54. The summed E-state index contributed by atoms with van der Waals surface area (Å²) in [4.78, 5) is 22.2. The van der Waals surface area contributed by atoms with Gasteiger partial charge >= 0.3 is 5.76 Å². The van der Waals surface area contributed by atoms with Gasteiger partial charge in [0.2, 0.25) is 5.82 Å². The van der Waals surface area contributed by atoms with Crippen molar-refractivity contribution < 1.29 is 9.32 Å². The maximum Gasteiger partial charge on any atom is 0.439 e. The number of hydrogen-bond acceptors (Lipinski definition) is 4. The van der Waals surface area contributed by atoms with E-state index < -0.39 is 11.7 Å². The summed E-state index contributed by atoms with van der Waals surface area (Å²) >= 11 is 0. The second kappa shape index (κ2) is 1.73. The number of rotatable bonds is 1. The minimum atomic E-state index is -0.819. The van der Waals surface area contributed by atoms with Gasteiger partial charge in [-0.3, -0.25) is 14.3 Å². The van der Waals surface area contributed by atoms with E-state index >= 15 is 0 Å². The van der Waals surface area contributed by atoms with E-state index in [1.54, 1.807) is 0 Å². The number of carbonyl (C=O) groups is 1. The molecule has 1 aromatic rings. The molecule has 0 atom stereocenters. The summed E-state index contributed by atoms with van der Waals surface area (Å²) in [5.41, 5.74) is 4.70. The Morgan fingerprint density at radius 2 is 2.44 bits per heavy atom. The van der Waals surface area contributed by atoms with Crippen LogP contribution in [0.25, 0.3) is 0 Å². The van der Waals surface area contributed by atoms with E-state index in [2.05, 4.69) is 9.68 Å². The fraction of sp³-hybridized carbons (Fsp3) is 0. The lowest BCUT2D eigenvalue weighted by Crippen LogP contribution is -2.14. The smallest absolute Gasteiger partial charge is 0.363 e. The molecule has 1 aromatic heterocycles. The standard InChI is InChI=1S/C3H3N3O3/c4-1(7)2-5-3(8)9-6-2/h(H2,4,7)(H,5,6,8). The van der Waals surface area contributed by atoms with E-state index in [9.17, 15) is 9.59 Å². The molecule has 0 saturated heterocycles. The number of H-pyrrole nitrogens is 1. The van der Waals surface area contributed by atoms with Gasteiger partial charge in [-0.15, -0.1) is 0 Å². The number of nitrogens with one attached hydrogen (secondary N) is 1. The van der Waals surface area contributed by atoms with Crippen LogP contribution in [0.2, 0.25) is 0 Å². The molecule has 6 heteroatoms. The van der Waals surface area contributed by atoms with Gasteiger partial charge in [-0.1, -0.05) is 0 Å². The van der Waals surface area contributed by atoms with Crippen LogP contribution in [-0.4, -0.2) is 16.0 Å². The lowest BCUT2D eigenvalue weighted by atomic mass is 10.6. The van der Waals surface area contributed by atoms with Crippen molar-refractivity contribution in [3.05, 3.63) is 16.4 Å². The molecule has 0 aromatic carbocycles. The summed E-state index contributed by atoms with van der Waals surface area (Å²) in [7, 11) is 0. The molecular formula is C3H3N3O3. The van der Waals surface area contributed by atoms with Gasteiger partial charge in [0.1, 0.15) is 0 Å². The number of amides is 1. The first-order valence-corrected chi connectivity index (χ1v) is 2.06. The third-order valence-corrected chi connectivity index (χ3v) is 0.674. The molecule has 0 radical (unpaired) electrons. The van der Waals surface area contributed by atoms with Gasteiger partial charge in [0.15, 0.2) is 0 Å². The van der Waals surface area contributed by atoms with Gasteiger partial charge in [-0.25, -0.2) is 4.79 Å². The number of primary amides is 1. The lowest BCUT2D eigenvalue weighted by molar-refractivity contribution is 0.0987. The molecular weight excluding hydrogens is 126 g/mol. The summed E-state index contributed by atoms with van der Waals surface area (Å²) in [5.74, 6) is -1.87. The molecule has 3 N–H and O–H groups in total. The fourth-order valence-corrected chi connectivity index (χ4v) is 0.336. The van der Waals surface area contributed by atoms with E-state index in [4.69, 9.17) is 5.73 Å². The molecule has 0 spiro atoms. The second-order valence-electron chi connectivity index (χ2n) is 1.31. The highest BCUT2D eigenvalue weighted by atomic mass is 16.5. The molecule has 0 fully saturated rings. The molecule has 48 valence electrons. The Balaban J connectivity index is 3.12. The molecule has 0 bridgehead atoms. The highest BCUT2D eigenvalue weighted by molar-refractivity contribution is 5.88. The SMILES string of the molecule is NC(=O)c1noc(=O)[nH]1. The third kappa shape index (κ3) is 0.958. The highest BCUT2D eigenvalue weighted by Gasteiger charge is 2.04. The monoisotopic (exact) mass is 129 g/mol. The number of aromatic nitrogens is 2. The summed E-state index contributed by atoms with van der Waals surface area (Å²) in [6.07, 6.45) is 0. The van der Waals surface area contributed by atoms with Crippen LogP contribution < -0.4 is 11.5 Å². The van der Waals surface area contributed by atoms with E-state index in [-0.39, 0.29) is 5.82 Å². The summed E-state index contributed by atoms with van der Waals surface area (Å²) in [5, 5.41) is 3.00. The Bertz CT molecular complexity index is 272. The largest absolute Gasteiger partial charge is 0.439 e. The van der Waals surface area contributed by atoms with Crippen LogP contribution in [0.3, 0.4) is 0 Å². The Morgan fingerprint density at radius 1 is 1.78 bits per heavy atom. The van der Waals surface area contributed by atoms with Crippen LogP contribution in [0.5, 0.6) is 0 Å². The molecule has 6 nitrogen and oxygen atoms in total. The van der Waals surface area contributed by atoms with Crippen LogP contribution in [0.15, 0.2) is 9.32 Å². The number of nitrogens with two attached hydrogens (primary N) is 1. The lowest BCUT2D eigenvalue weighted by Gasteiger charge is -1.76. The summed E-state index contributed by atoms with van der Waals surface area (Å²) in [6, 6.07) is 0. The molecule has 1 rings (SSSR count). The van der Waals surface area contributed by atoms with Crippen molar-refractivity contribution in [2.24, 2.45) is 5.73 Å². The van der Waals surface area contributed by atoms with E-state index in [1.165, 1.54) is 0 Å². The first-order chi connectivity index (χ1) is 4.20. The Morgan fingerprint density at radius 3 is 2.67 bits per heavy atom. The zero-order valence-electron chi connectivity index (χ0n) is 4.25. The van der Waals surface area contributed by atoms with Gasteiger partial charge in [0.25, 0.3) is 5.91 Å². The summed E-state index contributed by atoms with van der Waals surface area (Å²) in [6.45, 7) is 0. The van der Waals surface area contributed by atoms with Gasteiger partial charge in [0, 0.05) is 0 Å². The van der Waals surface area contributed by atoms with Crippen molar-refractivity contribution in [2.75, 3.05) is 0 Å². The minimum absolute atomic E-state index is 0.264. The molecule has 0 aliphatic carbocycles. The van der Waals surface area contributed by atoms with Crippen molar-refractivity contribution in [3.63, 3.8) is 0 Å². The Kier molecular flexibility index (Phi) is 1.07. The molecule has 1 amide bonds. The van der Waals surface area contributed by atoms with Crippen molar-refractivity contribution in [1.29, 1.82) is 0 Å². The van der Waals surface area contributed by atoms with E-state index in [1.807, 2.05) is 4.98 Å². The molecule has 0 saturated carbocycles. The number of carbonyl (C=O) groups excluding carboxylic acids is 1. The second-order valence-corrected chi connectivity index (χ2v) is 1.31. The molecule has 0 aliphatic heterocycles. The number of hydrogen-bond donors (Lipinski definition) is 2. The van der Waals surface area contributed by atoms with Crippen LogP contribution in [0, 0.1) is 0 Å². The van der Waals surface area contributed by atoms with Crippen LogP contribution >= 0.6 is 0 Å². The van der Waals surface area contributed by atoms with Crippen LogP contribution in [0.1, 0.15) is 10.6 Å². The van der Waals surface area contributed by atoms with Crippen LogP contribution in [-0.2, 0) is 0 Å². The third-order valence-electron chi connectivity index (χ3n) is 0.674. The summed E-state index contributed by atoms with van der Waals surface area (Å²) < 4.78 is 3.96. The molecule has 1 heterocycles. The number of aromatic amines is 1. The average molecular weight is 129 g/mol. The van der Waals surface area contributed by atoms with Gasteiger partial charge in [-0.2, -0.15) is 0 Å². The van der Waals surface area contributed by atoms with Gasteiger partial charge in [-0.05, 0) is 5.16 Å². The zero-order valence-corrected chi connectivity index (χ0v) is 4.25. The molecule has 0 aliphatic rings. The average Bonchev–Trinajstić information content (AvgIpc) is 2.14. The van der Waals surface area contributed by atoms with Crippen molar-refractivity contribution in [3.8, 4) is 0 Å². The van der Waals surface area contributed by atoms with Crippen molar-refractivity contribution in [1.82, 2.24) is 10.1 Å². The maximum absolute atomic E-state index is 10.1. The Labute approximate surface area is 48.6 Å².